The smallest absolute Gasteiger partial charge is 0.265 e. The van der Waals surface area contributed by atoms with E-state index in [1.165, 1.54) is 4.31 Å². The van der Waals surface area contributed by atoms with Gasteiger partial charge < -0.3 is 4.74 Å². The van der Waals surface area contributed by atoms with Crippen LogP contribution in [0.15, 0.2) is 65.6 Å². The molecule has 7 heteroatoms. The number of ketones is 1. The van der Waals surface area contributed by atoms with E-state index in [1.54, 1.807) is 42.5 Å². The molecule has 140 valence electrons. The van der Waals surface area contributed by atoms with Gasteiger partial charge >= 0.3 is 0 Å². The summed E-state index contributed by atoms with van der Waals surface area (Å²) in [6.07, 6.45) is 2.99. The Labute approximate surface area is 172 Å². The summed E-state index contributed by atoms with van der Waals surface area (Å²) in [6.45, 7) is 1.90. The zero-order chi connectivity index (χ0) is 19.2. The molecule has 2 aromatic rings. The van der Waals surface area contributed by atoms with Crippen molar-refractivity contribution in [2.24, 2.45) is 0 Å². The minimum Gasteiger partial charge on any atom is -0.364 e. The SMILES string of the molecule is Cc1ccc(S(=O)(=O)N(c2ccccc2I)C2C(=O)CC3C=CC2O3)cc1. The van der Waals surface area contributed by atoms with Gasteiger partial charge in [-0.3, -0.25) is 9.10 Å². The molecule has 1 saturated heterocycles. The number of para-hydroxylation sites is 1. The highest BCUT2D eigenvalue weighted by Crippen LogP contribution is 2.36. The molecule has 0 saturated carbocycles. The summed E-state index contributed by atoms with van der Waals surface area (Å²) in [5, 5.41) is 0. The number of benzene rings is 2. The molecule has 4 rings (SSSR count). The monoisotopic (exact) mass is 495 g/mol. The number of hydrogen-bond donors (Lipinski definition) is 0. The quantitative estimate of drug-likeness (QED) is 0.482. The van der Waals surface area contributed by atoms with Gasteiger partial charge in [0.15, 0.2) is 5.78 Å². The zero-order valence-electron chi connectivity index (χ0n) is 14.6. The van der Waals surface area contributed by atoms with Crippen LogP contribution in [-0.2, 0) is 19.6 Å². The number of anilines is 1. The maximum absolute atomic E-state index is 13.6. The summed E-state index contributed by atoms with van der Waals surface area (Å²) in [6, 6.07) is 12.9. The first kappa shape index (κ1) is 18.6. The van der Waals surface area contributed by atoms with Crippen LogP contribution >= 0.6 is 22.6 Å². The van der Waals surface area contributed by atoms with Crippen LogP contribution in [-0.4, -0.2) is 32.5 Å². The van der Waals surface area contributed by atoms with Crippen molar-refractivity contribution < 1.29 is 17.9 Å². The Bertz CT molecular complexity index is 1020. The summed E-state index contributed by atoms with van der Waals surface area (Å²) >= 11 is 2.10. The lowest BCUT2D eigenvalue weighted by Crippen LogP contribution is -2.55. The molecule has 5 nitrogen and oxygen atoms in total. The Morgan fingerprint density at radius 3 is 2.48 bits per heavy atom. The van der Waals surface area contributed by atoms with Crippen LogP contribution in [0.3, 0.4) is 0 Å². The molecule has 1 fully saturated rings. The number of carbonyl (C=O) groups is 1. The van der Waals surface area contributed by atoms with Crippen molar-refractivity contribution in [1.82, 2.24) is 0 Å². The molecule has 0 amide bonds. The van der Waals surface area contributed by atoms with Crippen LogP contribution in [0.4, 0.5) is 5.69 Å². The minimum atomic E-state index is -3.96. The van der Waals surface area contributed by atoms with Crippen molar-refractivity contribution in [3.63, 3.8) is 0 Å². The lowest BCUT2D eigenvalue weighted by atomic mass is 10.0. The number of aryl methyl sites for hydroxylation is 1. The van der Waals surface area contributed by atoms with Crippen LogP contribution in [0.2, 0.25) is 0 Å². The van der Waals surface area contributed by atoms with Gasteiger partial charge in [0, 0.05) is 9.99 Å². The van der Waals surface area contributed by atoms with E-state index in [4.69, 9.17) is 4.74 Å². The molecular formula is C20H18INO4S. The summed E-state index contributed by atoms with van der Waals surface area (Å²) in [7, 11) is -3.96. The molecule has 0 aromatic heterocycles. The number of hydrogen-bond acceptors (Lipinski definition) is 4. The van der Waals surface area contributed by atoms with E-state index < -0.39 is 22.2 Å². The molecule has 0 spiro atoms. The van der Waals surface area contributed by atoms with Gasteiger partial charge in [-0.15, -0.1) is 0 Å². The summed E-state index contributed by atoms with van der Waals surface area (Å²) in [5.41, 5.74) is 1.45. The summed E-state index contributed by atoms with van der Waals surface area (Å²) < 4.78 is 35.0. The lowest BCUT2D eigenvalue weighted by molar-refractivity contribution is -0.130. The maximum Gasteiger partial charge on any atom is 0.265 e. The van der Waals surface area contributed by atoms with Crippen LogP contribution < -0.4 is 4.31 Å². The van der Waals surface area contributed by atoms with E-state index in [1.807, 2.05) is 25.1 Å². The van der Waals surface area contributed by atoms with Gasteiger partial charge in [-0.2, -0.15) is 0 Å². The zero-order valence-corrected chi connectivity index (χ0v) is 17.6. The van der Waals surface area contributed by atoms with Crippen LogP contribution in [0.5, 0.6) is 0 Å². The molecule has 0 aliphatic carbocycles. The standard InChI is InChI=1S/C20H18INO4S/c1-13-6-9-15(10-7-13)27(24,25)22(17-5-3-2-4-16(17)21)20-18(23)12-14-8-11-19(20)26-14/h2-11,14,19-20H,12H2,1H3. The molecule has 0 radical (unpaired) electrons. The number of fused-ring (bicyclic) bond motifs is 2. The minimum absolute atomic E-state index is 0.128. The third-order valence-corrected chi connectivity index (χ3v) is 7.53. The van der Waals surface area contributed by atoms with E-state index in [0.717, 1.165) is 9.13 Å². The summed E-state index contributed by atoms with van der Waals surface area (Å²) in [4.78, 5) is 13.0. The Balaban J connectivity index is 1.89. The van der Waals surface area contributed by atoms with Gasteiger partial charge in [-0.05, 0) is 53.8 Å². The second kappa shape index (κ2) is 7.03. The van der Waals surface area contributed by atoms with Crippen molar-refractivity contribution in [2.75, 3.05) is 4.31 Å². The Morgan fingerprint density at radius 1 is 1.07 bits per heavy atom. The number of halogens is 1. The van der Waals surface area contributed by atoms with Crippen molar-refractivity contribution >= 4 is 44.1 Å². The summed E-state index contributed by atoms with van der Waals surface area (Å²) in [5.74, 6) is -0.128. The Morgan fingerprint density at radius 2 is 1.78 bits per heavy atom. The largest absolute Gasteiger partial charge is 0.364 e. The number of ether oxygens (including phenoxy) is 1. The predicted octanol–water partition coefficient (Wildman–Crippen LogP) is 3.46. The second-order valence-electron chi connectivity index (χ2n) is 6.70. The maximum atomic E-state index is 13.6. The molecule has 2 aliphatic heterocycles. The van der Waals surface area contributed by atoms with E-state index in [2.05, 4.69) is 22.6 Å². The van der Waals surface area contributed by atoms with Crippen molar-refractivity contribution in [2.45, 2.75) is 36.5 Å². The van der Waals surface area contributed by atoms with E-state index in [9.17, 15) is 13.2 Å². The van der Waals surface area contributed by atoms with Crippen molar-refractivity contribution in [3.05, 3.63) is 69.8 Å². The number of rotatable bonds is 4. The molecule has 2 aliphatic rings. The van der Waals surface area contributed by atoms with Gasteiger partial charge in [0.05, 0.1) is 16.7 Å². The third kappa shape index (κ3) is 3.32. The molecular weight excluding hydrogens is 477 g/mol. The molecule has 2 heterocycles. The van der Waals surface area contributed by atoms with Crippen LogP contribution in [0.1, 0.15) is 12.0 Å². The average molecular weight is 495 g/mol. The van der Waals surface area contributed by atoms with E-state index in [0.29, 0.717) is 5.69 Å². The Hall–Kier alpha value is -1.71. The fourth-order valence-corrected chi connectivity index (χ4v) is 5.94. The van der Waals surface area contributed by atoms with Gasteiger partial charge in [-0.25, -0.2) is 8.42 Å². The number of sulfonamides is 1. The van der Waals surface area contributed by atoms with E-state index in [-0.39, 0.29) is 23.2 Å². The highest BCUT2D eigenvalue weighted by atomic mass is 127. The topological polar surface area (TPSA) is 63.7 Å². The molecule has 2 bridgehead atoms. The predicted molar refractivity (Wildman–Crippen MR) is 111 cm³/mol. The third-order valence-electron chi connectivity index (χ3n) is 4.81. The van der Waals surface area contributed by atoms with Gasteiger partial charge in [0.2, 0.25) is 0 Å². The van der Waals surface area contributed by atoms with E-state index >= 15 is 0 Å². The van der Waals surface area contributed by atoms with Gasteiger partial charge in [0.25, 0.3) is 10.0 Å². The molecule has 2 aromatic carbocycles. The first-order chi connectivity index (χ1) is 12.9. The second-order valence-corrected chi connectivity index (χ2v) is 9.68. The molecule has 0 N–H and O–H groups in total. The fraction of sp³-hybridized carbons (Fsp3) is 0.250. The fourth-order valence-electron chi connectivity index (χ4n) is 3.47. The molecule has 27 heavy (non-hydrogen) atoms. The first-order valence-electron chi connectivity index (χ1n) is 8.60. The molecule has 3 unspecified atom stereocenters. The number of nitrogens with zero attached hydrogens (tertiary/aromatic N) is 1. The van der Waals surface area contributed by atoms with Gasteiger partial charge in [-0.1, -0.05) is 42.0 Å². The van der Waals surface area contributed by atoms with Gasteiger partial charge in [0.1, 0.15) is 12.1 Å². The highest BCUT2D eigenvalue weighted by molar-refractivity contribution is 14.1. The number of Topliss-reactive ketones (excluding diaryl/α,β-unsaturated/α-hetero) is 1. The first-order valence-corrected chi connectivity index (χ1v) is 11.1. The van der Waals surface area contributed by atoms with Crippen LogP contribution in [0, 0.1) is 10.5 Å². The molecule has 3 atom stereocenters. The lowest BCUT2D eigenvalue weighted by Gasteiger charge is -2.38. The average Bonchev–Trinajstić information content (AvgIpc) is 3.02. The van der Waals surface area contributed by atoms with Crippen molar-refractivity contribution in [1.29, 1.82) is 0 Å². The number of carbonyl (C=O) groups excluding carboxylic acids is 1. The van der Waals surface area contributed by atoms with Crippen LogP contribution in [0.25, 0.3) is 0 Å². The highest BCUT2D eigenvalue weighted by Gasteiger charge is 2.47. The Kier molecular flexibility index (Phi) is 4.85. The van der Waals surface area contributed by atoms with Crippen molar-refractivity contribution in [3.8, 4) is 0 Å². The normalized spacial score (nSPS) is 24.2.